The van der Waals surface area contributed by atoms with E-state index in [9.17, 15) is 0 Å². The monoisotopic (exact) mass is 103 g/mol. The van der Waals surface area contributed by atoms with Crippen molar-refractivity contribution in [1.29, 1.82) is 0 Å². The second kappa shape index (κ2) is 4.09. The molecule has 0 rings (SSSR count). The van der Waals surface area contributed by atoms with Gasteiger partial charge in [0.25, 0.3) is 0 Å². The van der Waals surface area contributed by atoms with Crippen molar-refractivity contribution >= 4 is 0 Å². The molecule has 2 heteroatoms. The summed E-state index contributed by atoms with van der Waals surface area (Å²) >= 11 is 0. The first-order valence-corrected chi connectivity index (χ1v) is 2.65. The van der Waals surface area contributed by atoms with E-state index in [0.29, 0.717) is 6.54 Å². The van der Waals surface area contributed by atoms with Crippen LogP contribution >= 0.6 is 0 Å². The van der Waals surface area contributed by atoms with Crippen LogP contribution < -0.4 is 5.73 Å². The van der Waals surface area contributed by atoms with E-state index >= 15 is 0 Å². The predicted octanol–water partition coefficient (Wildman–Crippen LogP) is 0.106. The lowest BCUT2D eigenvalue weighted by Gasteiger charge is -1.98. The van der Waals surface area contributed by atoms with Gasteiger partial charge in [0, 0.05) is 0 Å². The van der Waals surface area contributed by atoms with Crippen LogP contribution in [-0.2, 0) is 0 Å². The molecule has 0 amide bonds. The fraction of sp³-hybridized carbons (Fsp3) is 1.00. The van der Waals surface area contributed by atoms with Gasteiger partial charge in [0.05, 0.1) is 6.10 Å². The van der Waals surface area contributed by atoms with Crippen LogP contribution in [0.2, 0.25) is 0 Å². The highest BCUT2D eigenvalue weighted by Crippen LogP contribution is 1.91. The molecule has 0 aromatic rings. The molecule has 0 heterocycles. The maximum absolute atomic E-state index is 8.63. The molecule has 0 saturated heterocycles. The van der Waals surface area contributed by atoms with Gasteiger partial charge in [-0.1, -0.05) is 0 Å². The molecule has 0 spiro atoms. The highest BCUT2D eigenvalue weighted by atomic mass is 16.3. The molecule has 0 aliphatic carbocycles. The van der Waals surface area contributed by atoms with Crippen LogP contribution in [0, 0.1) is 0 Å². The summed E-state index contributed by atoms with van der Waals surface area (Å²) in [7, 11) is 0. The maximum Gasteiger partial charge on any atom is 0.0512 e. The molecule has 0 aliphatic heterocycles. The van der Waals surface area contributed by atoms with E-state index in [1.54, 1.807) is 6.92 Å². The molecule has 0 aromatic heterocycles. The van der Waals surface area contributed by atoms with Gasteiger partial charge >= 0.3 is 0 Å². The van der Waals surface area contributed by atoms with Gasteiger partial charge in [-0.25, -0.2) is 0 Å². The Morgan fingerprint density at radius 1 is 1.71 bits per heavy atom. The van der Waals surface area contributed by atoms with E-state index in [-0.39, 0.29) is 6.10 Å². The Morgan fingerprint density at radius 3 is 2.43 bits per heavy atom. The van der Waals surface area contributed by atoms with Crippen molar-refractivity contribution in [2.45, 2.75) is 25.9 Å². The van der Waals surface area contributed by atoms with Crippen LogP contribution in [-0.4, -0.2) is 17.8 Å². The second-order valence-corrected chi connectivity index (χ2v) is 1.78. The van der Waals surface area contributed by atoms with E-state index in [2.05, 4.69) is 0 Å². The van der Waals surface area contributed by atoms with Gasteiger partial charge in [-0.05, 0) is 26.3 Å². The highest BCUT2D eigenvalue weighted by molar-refractivity contribution is 4.45. The zero-order chi connectivity index (χ0) is 5.70. The van der Waals surface area contributed by atoms with Gasteiger partial charge in [-0.15, -0.1) is 0 Å². The van der Waals surface area contributed by atoms with Crippen LogP contribution in [0.1, 0.15) is 19.8 Å². The zero-order valence-electron chi connectivity index (χ0n) is 4.72. The van der Waals surface area contributed by atoms with Crippen LogP contribution in [0.3, 0.4) is 0 Å². The van der Waals surface area contributed by atoms with E-state index in [1.165, 1.54) is 0 Å². The molecule has 0 aromatic carbocycles. The minimum atomic E-state index is -0.177. The Labute approximate surface area is 44.3 Å². The van der Waals surface area contributed by atoms with Crippen molar-refractivity contribution in [3.05, 3.63) is 0 Å². The number of aliphatic hydroxyl groups is 1. The third kappa shape index (κ3) is 5.92. The molecule has 0 fully saturated rings. The molecule has 0 radical (unpaired) electrons. The first kappa shape index (κ1) is 6.92. The quantitative estimate of drug-likeness (QED) is 0.532. The predicted molar refractivity (Wildman–Crippen MR) is 30.0 cm³/mol. The SMILES string of the molecule is CC(O)CCCN. The Kier molecular flexibility index (Phi) is 4.04. The normalized spacial score (nSPS) is 14.1. The second-order valence-electron chi connectivity index (χ2n) is 1.78. The Balaban J connectivity index is 2.68. The fourth-order valence-corrected chi connectivity index (χ4v) is 0.413. The molecule has 3 N–H and O–H groups in total. The van der Waals surface area contributed by atoms with Crippen molar-refractivity contribution in [2.75, 3.05) is 6.54 Å². The van der Waals surface area contributed by atoms with Gasteiger partial charge in [-0.2, -0.15) is 0 Å². The number of hydrogen-bond donors (Lipinski definition) is 2. The largest absolute Gasteiger partial charge is 0.393 e. The summed E-state index contributed by atoms with van der Waals surface area (Å²) in [6.45, 7) is 2.46. The maximum atomic E-state index is 8.63. The fourth-order valence-electron chi connectivity index (χ4n) is 0.413. The summed E-state index contributed by atoms with van der Waals surface area (Å²) in [6, 6.07) is 0. The lowest BCUT2D eigenvalue weighted by Crippen LogP contribution is -2.05. The summed E-state index contributed by atoms with van der Waals surface area (Å²) in [4.78, 5) is 0. The third-order valence-corrected chi connectivity index (χ3v) is 0.826. The smallest absolute Gasteiger partial charge is 0.0512 e. The molecular weight excluding hydrogens is 90.1 g/mol. The molecule has 1 unspecified atom stereocenters. The summed E-state index contributed by atoms with van der Waals surface area (Å²) in [6.07, 6.45) is 1.58. The van der Waals surface area contributed by atoms with Crippen LogP contribution in [0.4, 0.5) is 0 Å². The summed E-state index contributed by atoms with van der Waals surface area (Å²) in [5.41, 5.74) is 5.17. The van der Waals surface area contributed by atoms with Crippen molar-refractivity contribution < 1.29 is 5.11 Å². The first-order chi connectivity index (χ1) is 3.27. The number of hydrogen-bond acceptors (Lipinski definition) is 2. The molecule has 2 nitrogen and oxygen atoms in total. The lowest BCUT2D eigenvalue weighted by atomic mass is 10.2. The van der Waals surface area contributed by atoms with Gasteiger partial charge in [0.1, 0.15) is 0 Å². The number of rotatable bonds is 3. The molecule has 0 saturated carbocycles. The number of aliphatic hydroxyl groups excluding tert-OH is 1. The molecule has 1 atom stereocenters. The minimum Gasteiger partial charge on any atom is -0.393 e. The van der Waals surface area contributed by atoms with Crippen LogP contribution in [0.5, 0.6) is 0 Å². The molecule has 44 valence electrons. The Bertz CT molecular complexity index is 37.1. The van der Waals surface area contributed by atoms with E-state index in [1.807, 2.05) is 0 Å². The standard InChI is InChI=1S/C5H13NO/c1-5(7)3-2-4-6/h5,7H,2-4,6H2,1H3. The van der Waals surface area contributed by atoms with Gasteiger partial charge in [-0.3, -0.25) is 0 Å². The highest BCUT2D eigenvalue weighted by Gasteiger charge is 1.90. The average Bonchev–Trinajstić information content (AvgIpc) is 1.61. The minimum absolute atomic E-state index is 0.177. The Morgan fingerprint density at radius 2 is 2.29 bits per heavy atom. The zero-order valence-corrected chi connectivity index (χ0v) is 4.72. The van der Waals surface area contributed by atoms with Crippen molar-refractivity contribution in [1.82, 2.24) is 0 Å². The van der Waals surface area contributed by atoms with E-state index in [4.69, 9.17) is 10.8 Å². The lowest BCUT2D eigenvalue weighted by molar-refractivity contribution is 0.182. The molecule has 7 heavy (non-hydrogen) atoms. The Hall–Kier alpha value is -0.0800. The van der Waals surface area contributed by atoms with Crippen LogP contribution in [0.25, 0.3) is 0 Å². The van der Waals surface area contributed by atoms with Gasteiger partial charge in [0.2, 0.25) is 0 Å². The average molecular weight is 103 g/mol. The third-order valence-electron chi connectivity index (χ3n) is 0.826. The van der Waals surface area contributed by atoms with Crippen molar-refractivity contribution in [2.24, 2.45) is 5.73 Å². The summed E-state index contributed by atoms with van der Waals surface area (Å²) < 4.78 is 0. The molecular formula is C5H13NO. The first-order valence-electron chi connectivity index (χ1n) is 2.65. The van der Waals surface area contributed by atoms with Gasteiger partial charge in [0.15, 0.2) is 0 Å². The topological polar surface area (TPSA) is 46.2 Å². The van der Waals surface area contributed by atoms with E-state index in [0.717, 1.165) is 12.8 Å². The number of nitrogens with two attached hydrogens (primary N) is 1. The van der Waals surface area contributed by atoms with Crippen molar-refractivity contribution in [3.8, 4) is 0 Å². The van der Waals surface area contributed by atoms with E-state index < -0.39 is 0 Å². The molecule has 0 bridgehead atoms. The van der Waals surface area contributed by atoms with Gasteiger partial charge < -0.3 is 10.8 Å². The summed E-state index contributed by atoms with van der Waals surface area (Å²) in [5.74, 6) is 0. The van der Waals surface area contributed by atoms with Crippen molar-refractivity contribution in [3.63, 3.8) is 0 Å². The summed E-state index contributed by atoms with van der Waals surface area (Å²) in [5, 5.41) is 8.63. The molecule has 0 aliphatic rings. The van der Waals surface area contributed by atoms with Crippen LogP contribution in [0.15, 0.2) is 0 Å².